The zero-order valence-corrected chi connectivity index (χ0v) is 10.0. The number of aromatic carboxylic acids is 1. The highest BCUT2D eigenvalue weighted by Gasteiger charge is 2.27. The number of hydrogen-bond acceptors (Lipinski definition) is 6. The number of nitro benzene ring substituents is 1. The number of amides is 2. The van der Waals surface area contributed by atoms with Crippen LogP contribution in [0.2, 0.25) is 0 Å². The van der Waals surface area contributed by atoms with Crippen molar-refractivity contribution in [2.45, 2.75) is 0 Å². The van der Waals surface area contributed by atoms with Gasteiger partial charge in [0.25, 0.3) is 5.69 Å². The Morgan fingerprint density at radius 1 is 1.30 bits per heavy atom. The summed E-state index contributed by atoms with van der Waals surface area (Å²) in [6.07, 6.45) is 0. The smallest absolute Gasteiger partial charge is 0.337 e. The average molecular weight is 279 g/mol. The van der Waals surface area contributed by atoms with Crippen LogP contribution in [0.15, 0.2) is 18.2 Å². The molecule has 0 spiro atoms. The van der Waals surface area contributed by atoms with E-state index in [0.29, 0.717) is 0 Å². The Balaban J connectivity index is 2.49. The van der Waals surface area contributed by atoms with E-state index in [0.717, 1.165) is 18.2 Å². The molecule has 0 radical (unpaired) electrons. The predicted molar refractivity (Wildman–Crippen MR) is 65.4 cm³/mol. The Morgan fingerprint density at radius 3 is 2.40 bits per heavy atom. The first-order chi connectivity index (χ1) is 9.38. The van der Waals surface area contributed by atoms with E-state index in [1.54, 1.807) is 0 Å². The van der Waals surface area contributed by atoms with E-state index in [9.17, 15) is 24.5 Å². The molecule has 1 heterocycles. The predicted octanol–water partition coefficient (Wildman–Crippen LogP) is -0.244. The van der Waals surface area contributed by atoms with Gasteiger partial charge >= 0.3 is 5.97 Å². The second-order valence-electron chi connectivity index (χ2n) is 4.09. The zero-order valence-electron chi connectivity index (χ0n) is 10.0. The van der Waals surface area contributed by atoms with Crippen LogP contribution in [0.25, 0.3) is 0 Å². The van der Waals surface area contributed by atoms with Crippen molar-refractivity contribution in [3.05, 3.63) is 33.9 Å². The van der Waals surface area contributed by atoms with Crippen molar-refractivity contribution in [2.24, 2.45) is 0 Å². The van der Waals surface area contributed by atoms with E-state index in [1.165, 1.54) is 4.90 Å². The monoisotopic (exact) mass is 279 g/mol. The number of anilines is 1. The fraction of sp³-hybridized carbons (Fsp3) is 0.182. The molecule has 2 amide bonds. The molecule has 1 saturated heterocycles. The second-order valence-corrected chi connectivity index (χ2v) is 4.09. The summed E-state index contributed by atoms with van der Waals surface area (Å²) in [6, 6.07) is 3.17. The molecule has 2 N–H and O–H groups in total. The molecule has 1 aliphatic heterocycles. The van der Waals surface area contributed by atoms with Crippen molar-refractivity contribution in [3.8, 4) is 0 Å². The number of carboxylic acids is 1. The van der Waals surface area contributed by atoms with Crippen LogP contribution in [0.4, 0.5) is 11.4 Å². The summed E-state index contributed by atoms with van der Waals surface area (Å²) in [4.78, 5) is 45.0. The summed E-state index contributed by atoms with van der Waals surface area (Å²) in [7, 11) is 0. The van der Waals surface area contributed by atoms with Crippen molar-refractivity contribution in [1.29, 1.82) is 0 Å². The summed E-state index contributed by atoms with van der Waals surface area (Å²) >= 11 is 0. The summed E-state index contributed by atoms with van der Waals surface area (Å²) < 4.78 is 0. The Hall–Kier alpha value is -2.97. The van der Waals surface area contributed by atoms with Gasteiger partial charge in [0, 0.05) is 12.1 Å². The van der Waals surface area contributed by atoms with E-state index in [2.05, 4.69) is 5.32 Å². The third-order valence-corrected chi connectivity index (χ3v) is 2.71. The number of nitrogens with zero attached hydrogens (tertiary/aromatic N) is 2. The number of rotatable bonds is 3. The van der Waals surface area contributed by atoms with Crippen molar-refractivity contribution in [1.82, 2.24) is 5.32 Å². The maximum Gasteiger partial charge on any atom is 0.337 e. The third kappa shape index (κ3) is 2.55. The van der Waals surface area contributed by atoms with E-state index in [-0.39, 0.29) is 30.0 Å². The van der Waals surface area contributed by atoms with Gasteiger partial charge in [-0.2, -0.15) is 0 Å². The molecule has 20 heavy (non-hydrogen) atoms. The van der Waals surface area contributed by atoms with E-state index < -0.39 is 22.7 Å². The maximum absolute atomic E-state index is 11.3. The Bertz CT molecular complexity index is 611. The number of carboxylic acid groups (broad SMARTS) is 1. The Labute approximate surface area is 111 Å². The number of hydrogen-bond donors (Lipinski definition) is 2. The number of carbonyl (C=O) groups is 3. The highest BCUT2D eigenvalue weighted by atomic mass is 16.6. The molecule has 0 atom stereocenters. The van der Waals surface area contributed by atoms with Gasteiger partial charge in [-0.3, -0.25) is 25.0 Å². The van der Waals surface area contributed by atoms with Gasteiger partial charge in [-0.1, -0.05) is 0 Å². The van der Waals surface area contributed by atoms with E-state index in [4.69, 9.17) is 5.11 Å². The lowest BCUT2D eigenvalue weighted by Gasteiger charge is -2.28. The molecule has 1 aromatic rings. The van der Waals surface area contributed by atoms with Gasteiger partial charge in [-0.15, -0.1) is 0 Å². The fourth-order valence-corrected chi connectivity index (χ4v) is 1.88. The van der Waals surface area contributed by atoms with Crippen LogP contribution >= 0.6 is 0 Å². The number of imide groups is 1. The second kappa shape index (κ2) is 4.96. The molecule has 0 aromatic heterocycles. The molecule has 1 aromatic carbocycles. The molecule has 0 bridgehead atoms. The first-order valence-electron chi connectivity index (χ1n) is 5.48. The molecule has 0 saturated carbocycles. The lowest BCUT2D eigenvalue weighted by molar-refractivity contribution is -0.384. The molecule has 1 fully saturated rings. The van der Waals surface area contributed by atoms with Crippen LogP contribution in [-0.4, -0.2) is 40.9 Å². The Kier molecular flexibility index (Phi) is 3.34. The van der Waals surface area contributed by atoms with Crippen LogP contribution in [0.5, 0.6) is 0 Å². The van der Waals surface area contributed by atoms with Crippen LogP contribution < -0.4 is 10.2 Å². The molecule has 2 rings (SSSR count). The fourth-order valence-electron chi connectivity index (χ4n) is 1.88. The molecule has 104 valence electrons. The van der Waals surface area contributed by atoms with Crippen LogP contribution in [0.3, 0.4) is 0 Å². The zero-order chi connectivity index (χ0) is 14.9. The summed E-state index contributed by atoms with van der Waals surface area (Å²) in [5, 5.41) is 21.9. The standard InChI is InChI=1S/C11H9N3O6/c15-9-4-13(5-10(16)12-9)8-3-6(14(19)20)1-2-7(8)11(17)18/h1-3H,4-5H2,(H,17,18)(H,12,15,16). The molecular weight excluding hydrogens is 270 g/mol. The third-order valence-electron chi connectivity index (χ3n) is 2.71. The molecule has 0 aliphatic carbocycles. The van der Waals surface area contributed by atoms with Gasteiger partial charge in [0.05, 0.1) is 29.3 Å². The number of nitro groups is 1. The molecule has 9 nitrogen and oxygen atoms in total. The highest BCUT2D eigenvalue weighted by Crippen LogP contribution is 2.26. The van der Waals surface area contributed by atoms with Gasteiger partial charge in [-0.05, 0) is 6.07 Å². The topological polar surface area (TPSA) is 130 Å². The minimum Gasteiger partial charge on any atom is -0.478 e. The van der Waals surface area contributed by atoms with E-state index >= 15 is 0 Å². The molecular formula is C11H9N3O6. The number of nitrogens with one attached hydrogen (secondary N) is 1. The quantitative estimate of drug-likeness (QED) is 0.443. The molecule has 0 unspecified atom stereocenters. The summed E-state index contributed by atoms with van der Waals surface area (Å²) in [6.45, 7) is -0.486. The van der Waals surface area contributed by atoms with Gasteiger partial charge in [0.15, 0.2) is 0 Å². The van der Waals surface area contributed by atoms with Crippen LogP contribution in [0, 0.1) is 10.1 Å². The maximum atomic E-state index is 11.3. The largest absolute Gasteiger partial charge is 0.478 e. The van der Waals surface area contributed by atoms with Gasteiger partial charge in [0.1, 0.15) is 0 Å². The summed E-state index contributed by atoms with van der Waals surface area (Å²) in [5.41, 5.74) is -0.559. The van der Waals surface area contributed by atoms with Gasteiger partial charge < -0.3 is 10.0 Å². The minimum absolute atomic E-state index is 0.0325. The minimum atomic E-state index is -1.30. The van der Waals surface area contributed by atoms with Gasteiger partial charge in [0.2, 0.25) is 11.8 Å². The number of benzene rings is 1. The van der Waals surface area contributed by atoms with Crippen LogP contribution in [0.1, 0.15) is 10.4 Å². The normalized spacial score (nSPS) is 14.9. The first-order valence-corrected chi connectivity index (χ1v) is 5.48. The van der Waals surface area contributed by atoms with Crippen molar-refractivity contribution in [3.63, 3.8) is 0 Å². The van der Waals surface area contributed by atoms with Crippen LogP contribution in [-0.2, 0) is 9.59 Å². The number of carbonyl (C=O) groups excluding carboxylic acids is 2. The van der Waals surface area contributed by atoms with E-state index in [1.807, 2.05) is 0 Å². The first kappa shape index (κ1) is 13.5. The molecule has 9 heteroatoms. The lowest BCUT2D eigenvalue weighted by atomic mass is 10.1. The average Bonchev–Trinajstić information content (AvgIpc) is 2.36. The Morgan fingerprint density at radius 2 is 1.90 bits per heavy atom. The van der Waals surface area contributed by atoms with Crippen molar-refractivity contribution >= 4 is 29.2 Å². The number of piperazine rings is 1. The summed E-state index contributed by atoms with van der Waals surface area (Å²) in [5.74, 6) is -2.48. The number of non-ortho nitro benzene ring substituents is 1. The highest BCUT2D eigenvalue weighted by molar-refractivity contribution is 6.04. The van der Waals surface area contributed by atoms with Crippen molar-refractivity contribution < 1.29 is 24.4 Å². The molecule has 1 aliphatic rings. The lowest BCUT2D eigenvalue weighted by Crippen LogP contribution is -2.51. The van der Waals surface area contributed by atoms with Crippen molar-refractivity contribution in [2.75, 3.05) is 18.0 Å². The van der Waals surface area contributed by atoms with Gasteiger partial charge in [-0.25, -0.2) is 4.79 Å². The SMILES string of the molecule is O=C1CN(c2cc([N+](=O)[O-])ccc2C(=O)O)CC(=O)N1.